The van der Waals surface area contributed by atoms with Crippen LogP contribution in [0.4, 0.5) is 4.79 Å². The topological polar surface area (TPSA) is 29.5 Å². The zero-order valence-electron chi connectivity index (χ0n) is 13.0. The monoisotopic (exact) mass is 400 g/mol. The van der Waals surface area contributed by atoms with Crippen LogP contribution in [0.3, 0.4) is 0 Å². The summed E-state index contributed by atoms with van der Waals surface area (Å²) in [4.78, 5) is 12.7. The smallest absolute Gasteiger partial charge is 0.409 e. The number of hydrogen-bond donors (Lipinski definition) is 0. The maximum absolute atomic E-state index is 10.9. The summed E-state index contributed by atoms with van der Waals surface area (Å²) in [5, 5.41) is 0. The first kappa shape index (κ1) is 30.5. The van der Waals surface area contributed by atoms with Gasteiger partial charge in [0, 0.05) is 45.3 Å². The summed E-state index contributed by atoms with van der Waals surface area (Å²) in [5.74, 6) is 0.659. The molecule has 133 valence electrons. The van der Waals surface area contributed by atoms with Crippen LogP contribution in [0.15, 0.2) is 30.3 Å². The minimum atomic E-state index is -0.166. The third-order valence-electron chi connectivity index (χ3n) is 3.09. The maximum atomic E-state index is 10.9. The zero-order chi connectivity index (χ0) is 14.3. The Labute approximate surface area is 170 Å². The van der Waals surface area contributed by atoms with Crippen molar-refractivity contribution in [3.8, 4) is 0 Å². The third-order valence-corrected chi connectivity index (χ3v) is 3.09. The molecule has 1 aromatic carbocycles. The fourth-order valence-electron chi connectivity index (χ4n) is 1.88. The summed E-state index contributed by atoms with van der Waals surface area (Å²) in [6.45, 7) is 9.82. The fourth-order valence-corrected chi connectivity index (χ4v) is 1.88. The van der Waals surface area contributed by atoms with E-state index in [9.17, 15) is 4.79 Å². The number of amides is 1. The van der Waals surface area contributed by atoms with E-state index in [0.29, 0.717) is 12.5 Å². The summed E-state index contributed by atoms with van der Waals surface area (Å²) in [6.07, 6.45) is 0.797. The molecule has 1 aromatic rings. The first-order valence-electron chi connectivity index (χ1n) is 7.00. The van der Waals surface area contributed by atoms with E-state index < -0.39 is 0 Å². The molecule has 2 rings (SSSR count). The standard InChI is InChI=1S/C9H12.C7H13NO2.3CH4.Y/c1-8(2)9-6-4-3-5-7-9;1-6(2)8-4-3-5-10-7(8)9;;;;/h3-8H,1-2H3;6H,3-5H2,1-2H3;3*1H4;. The predicted octanol–water partition coefficient (Wildman–Crippen LogP) is 5.95. The number of carbonyl (C=O) groups excluding carboxylic acids is 1. The van der Waals surface area contributed by atoms with Gasteiger partial charge in [0.05, 0.1) is 6.61 Å². The molecular weight excluding hydrogens is 363 g/mol. The van der Waals surface area contributed by atoms with Gasteiger partial charge in [-0.2, -0.15) is 0 Å². The molecule has 0 spiro atoms. The Morgan fingerprint density at radius 2 is 1.52 bits per heavy atom. The van der Waals surface area contributed by atoms with Gasteiger partial charge in [0.25, 0.3) is 0 Å². The summed E-state index contributed by atoms with van der Waals surface area (Å²) >= 11 is 0. The van der Waals surface area contributed by atoms with E-state index >= 15 is 0 Å². The number of carbonyl (C=O) groups is 1. The van der Waals surface area contributed by atoms with Gasteiger partial charge >= 0.3 is 6.09 Å². The SMILES string of the molecule is C.C.C.CC(C)N1CCCOC1=O.CC(C)c1ccccc1.[Y]. The molecule has 23 heavy (non-hydrogen) atoms. The van der Waals surface area contributed by atoms with Crippen LogP contribution >= 0.6 is 0 Å². The van der Waals surface area contributed by atoms with Crippen molar-refractivity contribution in [2.75, 3.05) is 13.2 Å². The van der Waals surface area contributed by atoms with Crippen LogP contribution in [-0.2, 0) is 37.4 Å². The molecule has 1 saturated heterocycles. The summed E-state index contributed by atoms with van der Waals surface area (Å²) in [5.41, 5.74) is 1.41. The molecule has 0 unspecified atom stereocenters. The molecule has 1 heterocycles. The third kappa shape index (κ3) is 11.7. The van der Waals surface area contributed by atoms with Gasteiger partial charge in [0.15, 0.2) is 0 Å². The van der Waals surface area contributed by atoms with Gasteiger partial charge in [0.2, 0.25) is 0 Å². The summed E-state index contributed by atoms with van der Waals surface area (Å²) in [7, 11) is 0. The van der Waals surface area contributed by atoms with Gasteiger partial charge in [-0.15, -0.1) is 0 Å². The molecule has 4 heteroatoms. The Hall–Kier alpha value is -0.406. The Morgan fingerprint density at radius 3 is 1.83 bits per heavy atom. The molecule has 0 N–H and O–H groups in total. The van der Waals surface area contributed by atoms with Gasteiger partial charge in [-0.05, 0) is 31.7 Å². The minimum Gasteiger partial charge on any atom is -0.449 e. The second-order valence-corrected chi connectivity index (χ2v) is 5.32. The normalized spacial score (nSPS) is 12.4. The van der Waals surface area contributed by atoms with Crippen molar-refractivity contribution in [3.63, 3.8) is 0 Å². The summed E-state index contributed by atoms with van der Waals surface area (Å²) in [6, 6.07) is 10.8. The number of cyclic esters (lactones) is 1. The summed E-state index contributed by atoms with van der Waals surface area (Å²) < 4.78 is 4.84. The van der Waals surface area contributed by atoms with Gasteiger partial charge in [0.1, 0.15) is 0 Å². The molecule has 1 fully saturated rings. The Kier molecular flexibility index (Phi) is 21.8. The van der Waals surface area contributed by atoms with E-state index in [1.54, 1.807) is 4.90 Å². The largest absolute Gasteiger partial charge is 0.449 e. The molecule has 1 radical (unpaired) electrons. The molecule has 1 aliphatic heterocycles. The Balaban J connectivity index is -0.000000134. The van der Waals surface area contributed by atoms with Crippen LogP contribution in [-0.4, -0.2) is 30.2 Å². The number of hydrogen-bond acceptors (Lipinski definition) is 2. The minimum absolute atomic E-state index is 0. The molecule has 0 saturated carbocycles. The van der Waals surface area contributed by atoms with Crippen LogP contribution in [0.2, 0.25) is 0 Å². The van der Waals surface area contributed by atoms with Crippen molar-refractivity contribution in [1.82, 2.24) is 4.90 Å². The van der Waals surface area contributed by atoms with Crippen LogP contribution in [0.25, 0.3) is 0 Å². The van der Waals surface area contributed by atoms with Gasteiger partial charge in [-0.25, -0.2) is 4.79 Å². The molecule has 0 bridgehead atoms. The van der Waals surface area contributed by atoms with Gasteiger partial charge in [-0.3, -0.25) is 0 Å². The second-order valence-electron chi connectivity index (χ2n) is 5.32. The van der Waals surface area contributed by atoms with E-state index in [0.717, 1.165) is 13.0 Å². The van der Waals surface area contributed by atoms with Crippen LogP contribution in [0.1, 0.15) is 67.9 Å². The van der Waals surface area contributed by atoms with Crippen molar-refractivity contribution < 1.29 is 42.2 Å². The van der Waals surface area contributed by atoms with Crippen molar-refractivity contribution in [3.05, 3.63) is 35.9 Å². The number of benzene rings is 1. The van der Waals surface area contributed by atoms with Gasteiger partial charge in [-0.1, -0.05) is 66.5 Å². The van der Waals surface area contributed by atoms with Crippen molar-refractivity contribution in [2.24, 2.45) is 0 Å². The fraction of sp³-hybridized carbons (Fsp3) is 0.632. The second kappa shape index (κ2) is 16.5. The van der Waals surface area contributed by atoms with Crippen LogP contribution in [0.5, 0.6) is 0 Å². The van der Waals surface area contributed by atoms with E-state index in [4.69, 9.17) is 4.74 Å². The number of ether oxygens (including phenoxy) is 1. The predicted molar refractivity (Wildman–Crippen MR) is 98.5 cm³/mol. The first-order valence-corrected chi connectivity index (χ1v) is 7.00. The maximum Gasteiger partial charge on any atom is 0.409 e. The van der Waals surface area contributed by atoms with Crippen molar-refractivity contribution >= 4 is 6.09 Å². The van der Waals surface area contributed by atoms with Crippen LogP contribution in [0, 0.1) is 0 Å². The molecular formula is C19H37NO2Y. The average Bonchev–Trinajstić information content (AvgIpc) is 2.40. The van der Waals surface area contributed by atoms with E-state index in [1.165, 1.54) is 5.56 Å². The van der Waals surface area contributed by atoms with E-state index in [-0.39, 0.29) is 67.1 Å². The number of rotatable bonds is 2. The molecule has 0 aromatic heterocycles. The van der Waals surface area contributed by atoms with Crippen LogP contribution < -0.4 is 0 Å². The average molecular weight is 400 g/mol. The van der Waals surface area contributed by atoms with E-state index in [1.807, 2.05) is 19.9 Å². The zero-order valence-corrected chi connectivity index (χ0v) is 15.8. The van der Waals surface area contributed by atoms with Crippen molar-refractivity contribution in [1.29, 1.82) is 0 Å². The van der Waals surface area contributed by atoms with Gasteiger partial charge < -0.3 is 9.64 Å². The Bertz CT molecular complexity index is 380. The molecule has 1 amide bonds. The first-order chi connectivity index (χ1) is 9.02. The van der Waals surface area contributed by atoms with E-state index in [2.05, 4.69) is 38.1 Å². The molecule has 0 atom stereocenters. The quantitative estimate of drug-likeness (QED) is 0.614. The van der Waals surface area contributed by atoms with Crippen molar-refractivity contribution in [2.45, 2.75) is 68.4 Å². The molecule has 1 aliphatic rings. The molecule has 3 nitrogen and oxygen atoms in total. The molecule has 0 aliphatic carbocycles. The number of nitrogens with zero attached hydrogens (tertiary/aromatic N) is 1. The Morgan fingerprint density at radius 1 is 1.00 bits per heavy atom.